The van der Waals surface area contributed by atoms with Gasteiger partial charge < -0.3 is 10.1 Å². The minimum Gasteiger partial charge on any atom is -0.378 e. The van der Waals surface area contributed by atoms with Gasteiger partial charge in [-0.05, 0) is 43.4 Å². The number of carbonyl (C=O) groups is 1. The molecule has 1 aliphatic rings. The molecule has 1 N–H and O–H groups in total. The quantitative estimate of drug-likeness (QED) is 0.866. The number of benzene rings is 1. The van der Waals surface area contributed by atoms with E-state index >= 15 is 0 Å². The van der Waals surface area contributed by atoms with Crippen molar-refractivity contribution in [3.8, 4) is 6.07 Å². The minimum absolute atomic E-state index is 0.0537. The third-order valence-electron chi connectivity index (χ3n) is 3.59. The van der Waals surface area contributed by atoms with E-state index in [1.807, 2.05) is 31.2 Å². The van der Waals surface area contributed by atoms with E-state index in [1.165, 1.54) is 0 Å². The maximum absolute atomic E-state index is 11.9. The Morgan fingerprint density at radius 2 is 2.10 bits per heavy atom. The van der Waals surface area contributed by atoms with Crippen molar-refractivity contribution in [2.24, 2.45) is 5.92 Å². The summed E-state index contributed by atoms with van der Waals surface area (Å²) < 4.78 is 5.49. The summed E-state index contributed by atoms with van der Waals surface area (Å²) >= 11 is 0. The summed E-state index contributed by atoms with van der Waals surface area (Å²) in [5, 5.41) is 11.5. The molecule has 106 valence electrons. The van der Waals surface area contributed by atoms with Gasteiger partial charge in [0.15, 0.2) is 0 Å². The van der Waals surface area contributed by atoms with E-state index in [0.29, 0.717) is 24.9 Å². The molecule has 0 atom stereocenters. The lowest BCUT2D eigenvalue weighted by atomic mass is 9.80. The van der Waals surface area contributed by atoms with Gasteiger partial charge in [-0.3, -0.25) is 4.79 Å². The average Bonchev–Trinajstić information content (AvgIpc) is 2.39. The fourth-order valence-electron chi connectivity index (χ4n) is 2.48. The summed E-state index contributed by atoms with van der Waals surface area (Å²) in [6.07, 6.45) is 3.28. The molecule has 1 amide bonds. The zero-order valence-corrected chi connectivity index (χ0v) is 11.8. The molecular formula is C16H20N2O2. The smallest absolute Gasteiger partial charge is 0.224 e. The van der Waals surface area contributed by atoms with Crippen molar-refractivity contribution in [3.05, 3.63) is 29.8 Å². The highest BCUT2D eigenvalue weighted by atomic mass is 16.5. The first kappa shape index (κ1) is 14.5. The maximum atomic E-state index is 11.9. The highest BCUT2D eigenvalue weighted by Crippen LogP contribution is 2.32. The van der Waals surface area contributed by atoms with Crippen molar-refractivity contribution in [2.45, 2.75) is 38.7 Å². The number of rotatable bonds is 6. The molecule has 0 unspecified atom stereocenters. The standard InChI is InChI=1S/C16H20N2O2/c1-2-20-15-9-13(10-15)11-16(19)18-14-5-3-12(4-6-14)7-8-17/h3-6,13,15H,2,7,9-11H2,1H3,(H,18,19). The van der Waals surface area contributed by atoms with Crippen LogP contribution < -0.4 is 5.32 Å². The lowest BCUT2D eigenvalue weighted by Gasteiger charge is -2.34. The largest absolute Gasteiger partial charge is 0.378 e. The molecule has 0 aliphatic heterocycles. The molecule has 4 nitrogen and oxygen atoms in total. The van der Waals surface area contributed by atoms with Gasteiger partial charge >= 0.3 is 0 Å². The van der Waals surface area contributed by atoms with E-state index < -0.39 is 0 Å². The average molecular weight is 272 g/mol. The molecule has 1 saturated carbocycles. The second kappa shape index (κ2) is 7.06. The Balaban J connectivity index is 1.73. The van der Waals surface area contributed by atoms with Gasteiger partial charge in [-0.25, -0.2) is 0 Å². The number of carbonyl (C=O) groups excluding carboxylic acids is 1. The lowest BCUT2D eigenvalue weighted by molar-refractivity contribution is -0.119. The molecule has 0 spiro atoms. The van der Waals surface area contributed by atoms with Gasteiger partial charge in [0.05, 0.1) is 18.6 Å². The van der Waals surface area contributed by atoms with Crippen molar-refractivity contribution < 1.29 is 9.53 Å². The van der Waals surface area contributed by atoms with Gasteiger partial charge in [0.2, 0.25) is 5.91 Å². The molecule has 1 aliphatic carbocycles. The van der Waals surface area contributed by atoms with Crippen molar-refractivity contribution in [3.63, 3.8) is 0 Å². The van der Waals surface area contributed by atoms with Crippen LogP contribution in [0.4, 0.5) is 5.69 Å². The highest BCUT2D eigenvalue weighted by molar-refractivity contribution is 5.90. The number of anilines is 1. The zero-order valence-electron chi connectivity index (χ0n) is 11.8. The van der Waals surface area contributed by atoms with Crippen LogP contribution in [0.25, 0.3) is 0 Å². The fraction of sp³-hybridized carbons (Fsp3) is 0.500. The number of amides is 1. The summed E-state index contributed by atoms with van der Waals surface area (Å²) in [5.74, 6) is 0.502. The van der Waals surface area contributed by atoms with E-state index in [0.717, 1.165) is 30.7 Å². The SMILES string of the molecule is CCOC1CC(CC(=O)Nc2ccc(CC#N)cc2)C1. The number of nitrogens with one attached hydrogen (secondary N) is 1. The Bertz CT molecular complexity index is 484. The van der Waals surface area contributed by atoms with Crippen molar-refractivity contribution in [1.82, 2.24) is 0 Å². The lowest BCUT2D eigenvalue weighted by Crippen LogP contribution is -2.33. The predicted octanol–water partition coefficient (Wildman–Crippen LogP) is 2.90. The summed E-state index contributed by atoms with van der Waals surface area (Å²) in [4.78, 5) is 11.9. The highest BCUT2D eigenvalue weighted by Gasteiger charge is 2.30. The van der Waals surface area contributed by atoms with Gasteiger partial charge in [-0.1, -0.05) is 12.1 Å². The van der Waals surface area contributed by atoms with Gasteiger partial charge in [-0.15, -0.1) is 0 Å². The van der Waals surface area contributed by atoms with Crippen molar-refractivity contribution >= 4 is 11.6 Å². The predicted molar refractivity (Wildman–Crippen MR) is 77.1 cm³/mol. The molecule has 2 rings (SSSR count). The van der Waals surface area contributed by atoms with Crippen LogP contribution in [0, 0.1) is 17.2 Å². The van der Waals surface area contributed by atoms with E-state index in [-0.39, 0.29) is 5.91 Å². The van der Waals surface area contributed by atoms with Crippen LogP contribution in [0.2, 0.25) is 0 Å². The molecule has 0 bridgehead atoms. The first-order valence-corrected chi connectivity index (χ1v) is 7.08. The summed E-state index contributed by atoms with van der Waals surface area (Å²) in [5.41, 5.74) is 1.75. The topological polar surface area (TPSA) is 62.1 Å². The number of nitriles is 1. The number of nitrogens with zero attached hydrogens (tertiary/aromatic N) is 1. The summed E-state index contributed by atoms with van der Waals surface area (Å²) in [6.45, 7) is 2.74. The second-order valence-corrected chi connectivity index (χ2v) is 5.20. The molecule has 1 fully saturated rings. The Kier molecular flexibility index (Phi) is 5.14. The van der Waals surface area contributed by atoms with E-state index in [9.17, 15) is 4.79 Å². The summed E-state index contributed by atoms with van der Waals surface area (Å²) in [6, 6.07) is 9.52. The minimum atomic E-state index is 0.0537. The maximum Gasteiger partial charge on any atom is 0.224 e. The van der Waals surface area contributed by atoms with Gasteiger partial charge in [0.25, 0.3) is 0 Å². The van der Waals surface area contributed by atoms with Gasteiger partial charge in [0.1, 0.15) is 0 Å². The number of ether oxygens (including phenoxy) is 1. The third kappa shape index (κ3) is 4.07. The van der Waals surface area contributed by atoms with Crippen LogP contribution in [-0.4, -0.2) is 18.6 Å². The normalized spacial score (nSPS) is 20.8. The van der Waals surface area contributed by atoms with Gasteiger partial charge in [-0.2, -0.15) is 5.26 Å². The zero-order chi connectivity index (χ0) is 14.4. The van der Waals surface area contributed by atoms with Crippen LogP contribution in [0.3, 0.4) is 0 Å². The molecule has 0 radical (unpaired) electrons. The molecular weight excluding hydrogens is 252 g/mol. The third-order valence-corrected chi connectivity index (χ3v) is 3.59. The first-order valence-electron chi connectivity index (χ1n) is 7.08. The van der Waals surface area contributed by atoms with Crippen molar-refractivity contribution in [1.29, 1.82) is 5.26 Å². The van der Waals surface area contributed by atoms with Crippen LogP contribution in [0.5, 0.6) is 0 Å². The molecule has 1 aromatic carbocycles. The second-order valence-electron chi connectivity index (χ2n) is 5.20. The number of hydrogen-bond donors (Lipinski definition) is 1. The van der Waals surface area contributed by atoms with Crippen LogP contribution >= 0.6 is 0 Å². The molecule has 0 aromatic heterocycles. The first-order chi connectivity index (χ1) is 9.71. The Morgan fingerprint density at radius 3 is 2.70 bits per heavy atom. The molecule has 0 saturated heterocycles. The number of hydrogen-bond acceptors (Lipinski definition) is 3. The van der Waals surface area contributed by atoms with E-state index in [1.54, 1.807) is 0 Å². The fourth-order valence-corrected chi connectivity index (χ4v) is 2.48. The summed E-state index contributed by atoms with van der Waals surface area (Å²) in [7, 11) is 0. The Hall–Kier alpha value is -1.86. The van der Waals surface area contributed by atoms with E-state index in [2.05, 4.69) is 11.4 Å². The molecule has 1 aromatic rings. The van der Waals surface area contributed by atoms with Crippen LogP contribution in [0.15, 0.2) is 24.3 Å². The monoisotopic (exact) mass is 272 g/mol. The molecule has 20 heavy (non-hydrogen) atoms. The van der Waals surface area contributed by atoms with Crippen LogP contribution in [0.1, 0.15) is 31.7 Å². The van der Waals surface area contributed by atoms with Crippen LogP contribution in [-0.2, 0) is 16.0 Å². The Labute approximate surface area is 119 Å². The molecule has 4 heteroatoms. The molecule has 0 heterocycles. The van der Waals surface area contributed by atoms with E-state index in [4.69, 9.17) is 10.00 Å². The Morgan fingerprint density at radius 1 is 1.40 bits per heavy atom. The van der Waals surface area contributed by atoms with Crippen molar-refractivity contribution in [2.75, 3.05) is 11.9 Å². The van der Waals surface area contributed by atoms with Gasteiger partial charge in [0, 0.05) is 18.7 Å².